The number of amides is 4. The first kappa shape index (κ1) is 64.9. The highest BCUT2D eigenvalue weighted by Gasteiger charge is 2.46. The SMILES string of the molecule is CC(C)(C)OC(=O)N1CCN(S(=O)(=O)c2ccccc2)C[C@@H]1[C@@H](O)C(N)Cc1cc(F)cc(F)c1.CCCCN1CC(C(=O)NC(Cc2cc(F)cc(F)c2)[C@H](O)[C@H]2CN(S(=O)(=O)c3ccccc3)CCN2C(=O)OC(C)(C)C)CC1=O. The molecule has 25 heteroatoms. The fourth-order valence-corrected chi connectivity index (χ4v) is 12.8. The molecule has 3 aliphatic heterocycles. The molecule has 4 aromatic rings. The number of nitrogens with one attached hydrogen (secondary N) is 1. The molecule has 82 heavy (non-hydrogen) atoms. The van der Waals surface area contributed by atoms with Crippen LogP contribution in [0, 0.1) is 29.2 Å². The molecule has 3 saturated heterocycles. The Kier molecular flexibility index (Phi) is 21.7. The normalized spacial score (nSPS) is 20.0. The summed E-state index contributed by atoms with van der Waals surface area (Å²) >= 11 is 0. The molecule has 450 valence electrons. The van der Waals surface area contributed by atoms with E-state index in [0.717, 1.165) is 47.5 Å². The zero-order valence-corrected chi connectivity index (χ0v) is 48.7. The molecule has 0 bridgehead atoms. The Morgan fingerprint density at radius 2 is 1.06 bits per heavy atom. The molecule has 0 aliphatic carbocycles. The van der Waals surface area contributed by atoms with Crippen molar-refractivity contribution in [2.45, 2.75) is 138 Å². The minimum Gasteiger partial charge on any atom is -0.444 e. The van der Waals surface area contributed by atoms with Gasteiger partial charge < -0.3 is 35.6 Å². The van der Waals surface area contributed by atoms with Crippen molar-refractivity contribution >= 4 is 44.0 Å². The summed E-state index contributed by atoms with van der Waals surface area (Å²) < 4.78 is 123. The van der Waals surface area contributed by atoms with Crippen LogP contribution in [-0.2, 0) is 52.0 Å². The Hall–Kier alpha value is -6.22. The number of piperazine rings is 2. The number of halogens is 4. The quantitative estimate of drug-likeness (QED) is 0.0912. The van der Waals surface area contributed by atoms with Crippen molar-refractivity contribution < 1.29 is 73.3 Å². The number of carbonyl (C=O) groups is 4. The number of sulfonamides is 2. The molecular formula is C57H75F4N7O12S2. The minimum absolute atomic E-state index is 0.00988. The first-order valence-electron chi connectivity index (χ1n) is 27.1. The first-order valence-corrected chi connectivity index (χ1v) is 29.9. The summed E-state index contributed by atoms with van der Waals surface area (Å²) in [6.07, 6.45) is -3.31. The van der Waals surface area contributed by atoms with Crippen molar-refractivity contribution in [1.29, 1.82) is 0 Å². The zero-order chi connectivity index (χ0) is 60.5. The number of carbonyl (C=O) groups excluding carboxylic acids is 4. The summed E-state index contributed by atoms with van der Waals surface area (Å²) in [6.45, 7) is 11.9. The average Bonchev–Trinajstić information content (AvgIpc) is 3.81. The Labute approximate surface area is 477 Å². The van der Waals surface area contributed by atoms with Gasteiger partial charge in [-0.05, 0) is 120 Å². The van der Waals surface area contributed by atoms with E-state index in [4.69, 9.17) is 15.2 Å². The third-order valence-electron chi connectivity index (χ3n) is 13.9. The maximum Gasteiger partial charge on any atom is 0.410 e. The van der Waals surface area contributed by atoms with Gasteiger partial charge in [0.2, 0.25) is 31.9 Å². The van der Waals surface area contributed by atoms with Crippen molar-refractivity contribution in [3.05, 3.63) is 131 Å². The molecule has 3 heterocycles. The predicted molar refractivity (Wildman–Crippen MR) is 295 cm³/mol. The Balaban J connectivity index is 0.000000275. The third-order valence-corrected chi connectivity index (χ3v) is 17.6. The van der Waals surface area contributed by atoms with E-state index in [1.165, 1.54) is 38.4 Å². The smallest absolute Gasteiger partial charge is 0.410 e. The molecule has 3 fully saturated rings. The van der Waals surface area contributed by atoms with Crippen LogP contribution < -0.4 is 11.1 Å². The first-order chi connectivity index (χ1) is 38.4. The van der Waals surface area contributed by atoms with Gasteiger partial charge in [0.1, 0.15) is 34.5 Å². The largest absolute Gasteiger partial charge is 0.444 e. The van der Waals surface area contributed by atoms with Crippen LogP contribution in [0.1, 0.15) is 78.9 Å². The highest BCUT2D eigenvalue weighted by atomic mass is 32.2. The maximum atomic E-state index is 14.2. The lowest BCUT2D eigenvalue weighted by Gasteiger charge is -2.44. The molecule has 4 amide bonds. The molecular weight excluding hydrogens is 1110 g/mol. The Bertz CT molecular complexity index is 3040. The van der Waals surface area contributed by atoms with Crippen molar-refractivity contribution in [1.82, 2.24) is 28.6 Å². The number of nitrogens with two attached hydrogens (primary N) is 1. The van der Waals surface area contributed by atoms with E-state index < -0.39 is 115 Å². The number of nitrogens with zero attached hydrogens (tertiary/aromatic N) is 5. The molecule has 0 spiro atoms. The average molecular weight is 1190 g/mol. The van der Waals surface area contributed by atoms with Gasteiger partial charge in [0, 0.05) is 77.0 Å². The third kappa shape index (κ3) is 17.4. The number of rotatable bonds is 17. The molecule has 0 saturated carbocycles. The molecule has 3 aliphatic rings. The van der Waals surface area contributed by atoms with Gasteiger partial charge in [-0.3, -0.25) is 19.4 Å². The van der Waals surface area contributed by atoms with Crippen LogP contribution in [0.15, 0.2) is 107 Å². The number of aliphatic hydroxyl groups is 2. The van der Waals surface area contributed by atoms with Gasteiger partial charge >= 0.3 is 12.2 Å². The molecule has 7 rings (SSSR count). The van der Waals surface area contributed by atoms with E-state index in [2.05, 4.69) is 5.32 Å². The van der Waals surface area contributed by atoms with E-state index in [1.54, 1.807) is 82.8 Å². The van der Waals surface area contributed by atoms with Gasteiger partial charge in [-0.25, -0.2) is 44.0 Å². The molecule has 19 nitrogen and oxygen atoms in total. The van der Waals surface area contributed by atoms with Crippen LogP contribution in [0.2, 0.25) is 0 Å². The van der Waals surface area contributed by atoms with Gasteiger partial charge in [0.05, 0.1) is 46.0 Å². The van der Waals surface area contributed by atoms with Gasteiger partial charge in [0.15, 0.2) is 0 Å². The maximum absolute atomic E-state index is 14.2. The fourth-order valence-electron chi connectivity index (χ4n) is 9.89. The van der Waals surface area contributed by atoms with Gasteiger partial charge in [-0.15, -0.1) is 0 Å². The summed E-state index contributed by atoms with van der Waals surface area (Å²) in [7, 11) is -7.96. The molecule has 5 N–H and O–H groups in total. The molecule has 7 atom stereocenters. The van der Waals surface area contributed by atoms with E-state index in [9.17, 15) is 63.8 Å². The van der Waals surface area contributed by atoms with Crippen LogP contribution in [0.5, 0.6) is 0 Å². The minimum atomic E-state index is -4.05. The summed E-state index contributed by atoms with van der Waals surface area (Å²) in [5.41, 5.74) is 4.81. The lowest BCUT2D eigenvalue weighted by atomic mass is 9.93. The topological polar surface area (TPSA) is 250 Å². The Morgan fingerprint density at radius 1 is 0.646 bits per heavy atom. The zero-order valence-electron chi connectivity index (χ0n) is 47.1. The van der Waals surface area contributed by atoms with Crippen molar-refractivity contribution in [2.75, 3.05) is 52.4 Å². The number of benzene rings is 4. The van der Waals surface area contributed by atoms with Gasteiger partial charge in [0.25, 0.3) is 0 Å². The Morgan fingerprint density at radius 3 is 1.48 bits per heavy atom. The van der Waals surface area contributed by atoms with Crippen LogP contribution in [0.25, 0.3) is 0 Å². The van der Waals surface area contributed by atoms with E-state index in [0.29, 0.717) is 12.6 Å². The lowest BCUT2D eigenvalue weighted by molar-refractivity contribution is -0.129. The van der Waals surface area contributed by atoms with E-state index in [1.807, 2.05) is 6.92 Å². The fraction of sp³-hybridized carbons (Fsp3) is 0.509. The van der Waals surface area contributed by atoms with Crippen LogP contribution in [0.4, 0.5) is 27.2 Å². The predicted octanol–water partition coefficient (Wildman–Crippen LogP) is 5.82. The second-order valence-corrected chi connectivity index (χ2v) is 26.5. The summed E-state index contributed by atoms with van der Waals surface area (Å²) in [5, 5.41) is 25.9. The molecule has 0 radical (unpaired) electrons. The van der Waals surface area contributed by atoms with Crippen molar-refractivity contribution in [3.8, 4) is 0 Å². The number of aliphatic hydroxyl groups excluding tert-OH is 2. The van der Waals surface area contributed by atoms with E-state index >= 15 is 0 Å². The highest BCUT2D eigenvalue weighted by Crippen LogP contribution is 2.29. The molecule has 3 unspecified atom stereocenters. The molecule has 0 aromatic heterocycles. The summed E-state index contributed by atoms with van der Waals surface area (Å²) in [4.78, 5) is 56.7. The van der Waals surface area contributed by atoms with Crippen molar-refractivity contribution in [3.63, 3.8) is 0 Å². The van der Waals surface area contributed by atoms with Gasteiger partial charge in [-0.2, -0.15) is 8.61 Å². The monoisotopic (exact) mass is 1190 g/mol. The van der Waals surface area contributed by atoms with Gasteiger partial charge in [-0.1, -0.05) is 49.7 Å². The number of ether oxygens (including phenoxy) is 2. The molecule has 4 aromatic carbocycles. The number of likely N-dealkylation sites (tertiary alicyclic amines) is 1. The van der Waals surface area contributed by atoms with E-state index in [-0.39, 0.29) is 91.9 Å². The standard InChI is InChI=1S/C33H44F2N4O7S.C24H31F2N3O5S/c1-5-6-12-37-20-23(18-29(37)40)31(42)36-27(17-22-15-24(34)19-25(35)16-22)30(41)28-21-38(47(44,45)26-10-8-7-9-11-26)13-14-39(28)32(43)46-33(2,3)4;1-24(2,3)34-23(31)29-10-9-28(35(32,33)19-7-5-4-6-8-19)15-21(29)22(30)20(27)13-16-11-17(25)14-18(26)12-16/h7-11,15-16,19,23,27-28,30,41H,5-6,12-14,17-18,20-21H2,1-4H3,(H,36,42);4-8,11-12,14,20-22,30H,9-10,13,15,27H2,1-3H3/t23?,27?,28-,30+;20?,21-,22+/m11/s1. The second kappa shape index (κ2) is 27.4. The summed E-state index contributed by atoms with van der Waals surface area (Å²) in [6, 6.07) is 16.7. The second-order valence-electron chi connectivity index (χ2n) is 22.7. The number of unbranched alkanes of at least 4 members (excludes halogenated alkanes) is 1. The van der Waals surface area contributed by atoms with Crippen LogP contribution in [0.3, 0.4) is 0 Å². The van der Waals surface area contributed by atoms with Crippen LogP contribution >= 0.6 is 0 Å². The van der Waals surface area contributed by atoms with Crippen LogP contribution in [-0.4, -0.2) is 174 Å². The number of hydrogen-bond donors (Lipinski definition) is 4. The highest BCUT2D eigenvalue weighted by molar-refractivity contribution is 7.89. The number of hydrogen-bond acceptors (Lipinski definition) is 13. The summed E-state index contributed by atoms with van der Waals surface area (Å²) in [5.74, 6) is -4.74. The van der Waals surface area contributed by atoms with Crippen molar-refractivity contribution in [2.24, 2.45) is 11.7 Å². The lowest BCUT2D eigenvalue weighted by Crippen LogP contribution is -2.65.